The van der Waals surface area contributed by atoms with Crippen LogP contribution in [0.2, 0.25) is 0 Å². The SMILES string of the molecule is CCCc1c(-c2ccccc2)c(-c2ccc(F)c(F)c2)nn1C[C@H]1CC[C@H](COCC(=O)O)CC1. The van der Waals surface area contributed by atoms with Gasteiger partial charge in [-0.1, -0.05) is 43.7 Å². The molecule has 0 unspecified atom stereocenters. The van der Waals surface area contributed by atoms with Crippen LogP contribution in [-0.2, 0) is 22.5 Å². The monoisotopic (exact) mass is 482 g/mol. The fraction of sp³-hybridized carbons (Fsp3) is 0.429. The molecular formula is C28H32F2N2O3. The number of aromatic nitrogens is 2. The molecule has 1 saturated carbocycles. The van der Waals surface area contributed by atoms with Crippen molar-refractivity contribution in [1.82, 2.24) is 9.78 Å². The summed E-state index contributed by atoms with van der Waals surface area (Å²) in [5.41, 5.74) is 4.35. The van der Waals surface area contributed by atoms with Crippen LogP contribution in [0.25, 0.3) is 22.4 Å². The first-order valence-corrected chi connectivity index (χ1v) is 12.4. The Kier molecular flexibility index (Phi) is 8.29. The first-order valence-electron chi connectivity index (χ1n) is 12.4. The average molecular weight is 483 g/mol. The molecule has 186 valence electrons. The van der Waals surface area contributed by atoms with Crippen LogP contribution in [0.5, 0.6) is 0 Å². The van der Waals surface area contributed by atoms with Crippen molar-refractivity contribution in [1.29, 1.82) is 0 Å². The lowest BCUT2D eigenvalue weighted by Gasteiger charge is -2.28. The zero-order valence-electron chi connectivity index (χ0n) is 20.1. The molecule has 0 radical (unpaired) electrons. The third-order valence-electron chi connectivity index (χ3n) is 6.78. The largest absolute Gasteiger partial charge is 0.480 e. The van der Waals surface area contributed by atoms with Crippen molar-refractivity contribution in [3.63, 3.8) is 0 Å². The van der Waals surface area contributed by atoms with Gasteiger partial charge in [0.2, 0.25) is 0 Å². The lowest BCUT2D eigenvalue weighted by Crippen LogP contribution is -2.23. The summed E-state index contributed by atoms with van der Waals surface area (Å²) >= 11 is 0. The van der Waals surface area contributed by atoms with E-state index in [1.807, 2.05) is 30.3 Å². The van der Waals surface area contributed by atoms with Crippen molar-refractivity contribution in [2.24, 2.45) is 11.8 Å². The zero-order valence-corrected chi connectivity index (χ0v) is 20.1. The maximum absolute atomic E-state index is 14.1. The van der Waals surface area contributed by atoms with Gasteiger partial charge in [0.05, 0.1) is 6.61 Å². The predicted octanol–water partition coefficient (Wildman–Crippen LogP) is 6.36. The second kappa shape index (κ2) is 11.6. The van der Waals surface area contributed by atoms with Crippen molar-refractivity contribution in [2.75, 3.05) is 13.2 Å². The zero-order chi connectivity index (χ0) is 24.8. The summed E-state index contributed by atoms with van der Waals surface area (Å²) in [5, 5.41) is 13.7. The Hall–Kier alpha value is -3.06. The van der Waals surface area contributed by atoms with Crippen molar-refractivity contribution in [2.45, 2.75) is 52.0 Å². The van der Waals surface area contributed by atoms with Crippen molar-refractivity contribution >= 4 is 5.97 Å². The van der Waals surface area contributed by atoms with Crippen LogP contribution < -0.4 is 0 Å². The van der Waals surface area contributed by atoms with Gasteiger partial charge in [-0.2, -0.15) is 5.10 Å². The van der Waals surface area contributed by atoms with E-state index in [9.17, 15) is 13.6 Å². The fourth-order valence-corrected chi connectivity index (χ4v) is 5.03. The maximum atomic E-state index is 14.1. The lowest BCUT2D eigenvalue weighted by atomic mass is 9.82. The second-order valence-electron chi connectivity index (χ2n) is 9.39. The summed E-state index contributed by atoms with van der Waals surface area (Å²) in [6, 6.07) is 14.0. The Balaban J connectivity index is 1.61. The molecule has 1 fully saturated rings. The number of aliphatic carboxylic acids is 1. The Bertz CT molecular complexity index is 1140. The molecule has 0 atom stereocenters. The molecule has 1 aliphatic carbocycles. The number of ether oxygens (including phenoxy) is 1. The number of hydrogen-bond acceptors (Lipinski definition) is 3. The quantitative estimate of drug-likeness (QED) is 0.365. The van der Waals surface area contributed by atoms with E-state index >= 15 is 0 Å². The third kappa shape index (κ3) is 6.14. The minimum Gasteiger partial charge on any atom is -0.480 e. The number of benzene rings is 2. The van der Waals surface area contributed by atoms with Crippen molar-refractivity contribution in [3.05, 3.63) is 65.9 Å². The van der Waals surface area contributed by atoms with E-state index in [0.717, 1.165) is 68.0 Å². The first kappa shape index (κ1) is 25.0. The first-order chi connectivity index (χ1) is 17.0. The van der Waals surface area contributed by atoms with Crippen LogP contribution in [0.3, 0.4) is 0 Å². The van der Waals surface area contributed by atoms with Crippen LogP contribution in [-0.4, -0.2) is 34.1 Å². The van der Waals surface area contributed by atoms with Crippen LogP contribution in [0.15, 0.2) is 48.5 Å². The summed E-state index contributed by atoms with van der Waals surface area (Å²) in [4.78, 5) is 10.7. The van der Waals surface area contributed by atoms with Crippen LogP contribution in [0, 0.1) is 23.5 Å². The number of carboxylic acids is 1. The fourth-order valence-electron chi connectivity index (χ4n) is 5.03. The van der Waals surface area contributed by atoms with Gasteiger partial charge in [0, 0.05) is 23.4 Å². The highest BCUT2D eigenvalue weighted by atomic mass is 19.2. The highest BCUT2D eigenvalue weighted by Crippen LogP contribution is 2.37. The molecule has 2 aromatic carbocycles. The topological polar surface area (TPSA) is 64.4 Å². The van der Waals surface area contributed by atoms with Gasteiger partial charge < -0.3 is 9.84 Å². The molecule has 0 saturated heterocycles. The van der Waals surface area contributed by atoms with Gasteiger partial charge in [-0.3, -0.25) is 4.68 Å². The van der Waals surface area contributed by atoms with Gasteiger partial charge in [0.1, 0.15) is 12.3 Å². The molecule has 3 aromatic rings. The minimum atomic E-state index is -0.938. The number of nitrogens with zero attached hydrogens (tertiary/aromatic N) is 2. The van der Waals surface area contributed by atoms with Gasteiger partial charge in [0.15, 0.2) is 11.6 Å². The number of rotatable bonds is 10. The minimum absolute atomic E-state index is 0.247. The molecule has 1 aliphatic rings. The highest BCUT2D eigenvalue weighted by molar-refractivity contribution is 5.82. The Morgan fingerprint density at radius 2 is 1.74 bits per heavy atom. The molecule has 1 heterocycles. The number of carboxylic acid groups (broad SMARTS) is 1. The lowest BCUT2D eigenvalue weighted by molar-refractivity contribution is -0.142. The Morgan fingerprint density at radius 3 is 2.40 bits per heavy atom. The summed E-state index contributed by atoms with van der Waals surface area (Å²) in [7, 11) is 0. The molecule has 0 spiro atoms. The second-order valence-corrected chi connectivity index (χ2v) is 9.39. The van der Waals surface area contributed by atoms with Crippen LogP contribution in [0.1, 0.15) is 44.7 Å². The van der Waals surface area contributed by atoms with Crippen molar-refractivity contribution < 1.29 is 23.4 Å². The van der Waals surface area contributed by atoms with Crippen LogP contribution in [0.4, 0.5) is 8.78 Å². The van der Waals surface area contributed by atoms with E-state index in [-0.39, 0.29) is 6.61 Å². The third-order valence-corrected chi connectivity index (χ3v) is 6.78. The molecule has 5 nitrogen and oxygen atoms in total. The molecule has 0 aliphatic heterocycles. The van der Waals surface area contributed by atoms with Gasteiger partial charge >= 0.3 is 5.97 Å². The summed E-state index contributed by atoms with van der Waals surface area (Å²) in [5.74, 6) is -1.85. The molecular weight excluding hydrogens is 450 g/mol. The van der Waals surface area contributed by atoms with E-state index in [1.54, 1.807) is 6.07 Å². The van der Waals surface area contributed by atoms with Crippen LogP contribution >= 0.6 is 0 Å². The van der Waals surface area contributed by atoms with E-state index in [0.29, 0.717) is 29.7 Å². The standard InChI is InChI=1S/C28H32F2N2O3/c1-2-6-25-27(21-7-4-3-5-8-21)28(22-13-14-23(29)24(30)15-22)31-32(25)16-19-9-11-20(12-10-19)17-35-18-26(33)34/h3-5,7-8,13-15,19-20H,2,6,9-12,16-18H2,1H3,(H,33,34)/t19-,20-. The molecule has 0 amide bonds. The Morgan fingerprint density at radius 1 is 1.03 bits per heavy atom. The molecule has 0 bridgehead atoms. The van der Waals surface area contributed by atoms with E-state index in [1.165, 1.54) is 6.07 Å². The number of carbonyl (C=O) groups is 1. The van der Waals surface area contributed by atoms with Gasteiger partial charge in [-0.25, -0.2) is 13.6 Å². The normalized spacial score (nSPS) is 18.0. The molecule has 1 N–H and O–H groups in total. The van der Waals surface area contributed by atoms with E-state index in [2.05, 4.69) is 11.6 Å². The maximum Gasteiger partial charge on any atom is 0.329 e. The van der Waals surface area contributed by atoms with Gasteiger partial charge in [0.25, 0.3) is 0 Å². The number of hydrogen-bond donors (Lipinski definition) is 1. The highest BCUT2D eigenvalue weighted by Gasteiger charge is 2.26. The Labute approximate surface area is 204 Å². The molecule has 4 rings (SSSR count). The summed E-state index contributed by atoms with van der Waals surface area (Å²) < 4.78 is 35.2. The van der Waals surface area contributed by atoms with Crippen molar-refractivity contribution in [3.8, 4) is 22.4 Å². The predicted molar refractivity (Wildman–Crippen MR) is 131 cm³/mol. The average Bonchev–Trinajstić information content (AvgIpc) is 3.20. The number of halogens is 2. The summed E-state index contributed by atoms with van der Waals surface area (Å²) in [6.45, 7) is 3.14. The molecule has 7 heteroatoms. The van der Waals surface area contributed by atoms with E-state index in [4.69, 9.17) is 14.9 Å². The molecule has 1 aromatic heterocycles. The molecule has 35 heavy (non-hydrogen) atoms. The van der Waals surface area contributed by atoms with Gasteiger partial charge in [-0.05, 0) is 67.7 Å². The van der Waals surface area contributed by atoms with Gasteiger partial charge in [-0.15, -0.1) is 0 Å². The summed E-state index contributed by atoms with van der Waals surface area (Å²) in [6.07, 6.45) is 5.81. The van der Waals surface area contributed by atoms with E-state index < -0.39 is 17.6 Å². The smallest absolute Gasteiger partial charge is 0.329 e.